The van der Waals surface area contributed by atoms with Crippen molar-refractivity contribution in [2.24, 2.45) is 0 Å². The molecule has 0 radical (unpaired) electrons. The van der Waals surface area contributed by atoms with Gasteiger partial charge in [0.2, 0.25) is 11.8 Å². The van der Waals surface area contributed by atoms with Crippen molar-refractivity contribution in [3.63, 3.8) is 0 Å². The molecule has 2 fully saturated rings. The molecule has 0 unspecified atom stereocenters. The van der Waals surface area contributed by atoms with Crippen LogP contribution in [-0.2, 0) is 15.0 Å². The zero-order valence-electron chi connectivity index (χ0n) is 21.7. The minimum atomic E-state index is -0.592. The van der Waals surface area contributed by atoms with Crippen molar-refractivity contribution in [1.29, 1.82) is 0 Å². The normalized spacial score (nSPS) is 25.6. The maximum absolute atomic E-state index is 14.0. The lowest BCUT2D eigenvalue weighted by Gasteiger charge is -2.45. The van der Waals surface area contributed by atoms with Crippen molar-refractivity contribution in [2.45, 2.75) is 56.6 Å². The lowest BCUT2D eigenvalue weighted by Crippen LogP contribution is -2.60. The number of nitrogens with one attached hydrogen (secondary N) is 1. The van der Waals surface area contributed by atoms with Crippen molar-refractivity contribution in [2.75, 3.05) is 38.1 Å². The first-order valence-corrected chi connectivity index (χ1v) is 13.1. The number of aromatic nitrogens is 3. The minimum Gasteiger partial charge on any atom is -0.489 e. The summed E-state index contributed by atoms with van der Waals surface area (Å²) in [6.45, 7) is 6.58. The van der Waals surface area contributed by atoms with E-state index < -0.39 is 5.41 Å². The Morgan fingerprint density at radius 1 is 1.16 bits per heavy atom. The number of ether oxygens (including phenoxy) is 1. The molecule has 194 valence electrons. The van der Waals surface area contributed by atoms with Crippen LogP contribution < -0.4 is 9.64 Å². The van der Waals surface area contributed by atoms with E-state index in [1.54, 1.807) is 17.3 Å². The third-order valence-corrected chi connectivity index (χ3v) is 8.68. The van der Waals surface area contributed by atoms with Crippen LogP contribution in [0, 0.1) is 0 Å². The summed E-state index contributed by atoms with van der Waals surface area (Å²) in [4.78, 5) is 37.7. The van der Waals surface area contributed by atoms with Gasteiger partial charge in [0.15, 0.2) is 5.65 Å². The van der Waals surface area contributed by atoms with E-state index in [9.17, 15) is 9.59 Å². The van der Waals surface area contributed by atoms with Crippen molar-refractivity contribution in [3.05, 3.63) is 48.3 Å². The summed E-state index contributed by atoms with van der Waals surface area (Å²) < 4.78 is 6.26. The Morgan fingerprint density at radius 2 is 1.95 bits per heavy atom. The van der Waals surface area contributed by atoms with Crippen LogP contribution in [0.15, 0.2) is 42.7 Å². The highest BCUT2D eigenvalue weighted by Crippen LogP contribution is 2.50. The number of para-hydroxylation sites is 1. The van der Waals surface area contributed by atoms with Gasteiger partial charge in [0, 0.05) is 36.2 Å². The van der Waals surface area contributed by atoms with Crippen LogP contribution in [0.4, 0.5) is 5.69 Å². The molecule has 9 nitrogen and oxygen atoms in total. The Balaban J connectivity index is 1.17. The number of aromatic amines is 1. The molecule has 3 aliphatic rings. The Hall–Kier alpha value is -3.46. The summed E-state index contributed by atoms with van der Waals surface area (Å²) >= 11 is 0. The molecule has 0 bridgehead atoms. The Kier molecular flexibility index (Phi) is 5.71. The molecule has 0 atom stereocenters. The molecule has 1 spiro atoms. The fourth-order valence-corrected chi connectivity index (χ4v) is 6.20. The van der Waals surface area contributed by atoms with Gasteiger partial charge in [-0.3, -0.25) is 19.6 Å². The zero-order chi connectivity index (χ0) is 25.8. The predicted molar refractivity (Wildman–Crippen MR) is 141 cm³/mol. The number of anilines is 1. The fourth-order valence-electron chi connectivity index (χ4n) is 6.20. The minimum absolute atomic E-state index is 0.0139. The molecule has 2 amide bonds. The molecule has 1 saturated heterocycles. The van der Waals surface area contributed by atoms with E-state index >= 15 is 0 Å². The standard InChI is InChI=1S/C28H34N6O3/c1-27(2)18-33(13-12-32(27)3)24(35)17-34-23-7-5-4-6-22(23)28(26(34)36)10-8-20(9-11-28)37-21-14-19-15-30-31-25(19)29-16-21/h4-7,14-16,20H,8-13,17-18H2,1-3H3,(H,29,30,31). The molecular formula is C28H34N6O3. The van der Waals surface area contributed by atoms with Gasteiger partial charge in [0.25, 0.3) is 0 Å². The number of hydrogen-bond acceptors (Lipinski definition) is 6. The van der Waals surface area contributed by atoms with Crippen LogP contribution in [0.1, 0.15) is 45.1 Å². The Bertz CT molecular complexity index is 1340. The first kappa shape index (κ1) is 23.9. The third-order valence-electron chi connectivity index (χ3n) is 8.68. The van der Waals surface area contributed by atoms with E-state index in [0.717, 1.165) is 47.4 Å². The SMILES string of the molecule is CN1CCN(C(=O)CN2C(=O)C3(CCC(Oc4cnc5[nH]ncc5c4)CC3)c3ccccc32)CC1(C)C. The van der Waals surface area contributed by atoms with Crippen LogP contribution in [0.3, 0.4) is 0 Å². The van der Waals surface area contributed by atoms with Crippen molar-refractivity contribution in [3.8, 4) is 5.75 Å². The maximum Gasteiger partial charge on any atom is 0.242 e. The molecule has 9 heteroatoms. The number of amides is 2. The number of likely N-dealkylation sites (N-methyl/N-ethyl adjacent to an activating group) is 1. The number of nitrogens with zero attached hydrogens (tertiary/aromatic N) is 5. The van der Waals surface area contributed by atoms with Gasteiger partial charge in [0.1, 0.15) is 12.3 Å². The largest absolute Gasteiger partial charge is 0.489 e. The number of carbonyl (C=O) groups excluding carboxylic acids is 2. The average Bonchev–Trinajstić information content (AvgIpc) is 3.44. The van der Waals surface area contributed by atoms with Crippen molar-refractivity contribution < 1.29 is 14.3 Å². The lowest BCUT2D eigenvalue weighted by molar-refractivity contribution is -0.136. The number of hydrogen-bond donors (Lipinski definition) is 1. The molecule has 1 saturated carbocycles. The first-order valence-electron chi connectivity index (χ1n) is 13.1. The summed E-state index contributed by atoms with van der Waals surface area (Å²) in [7, 11) is 2.10. The van der Waals surface area contributed by atoms with E-state index in [-0.39, 0.29) is 30.0 Å². The van der Waals surface area contributed by atoms with E-state index in [4.69, 9.17) is 4.74 Å². The quantitative estimate of drug-likeness (QED) is 0.589. The van der Waals surface area contributed by atoms with Crippen molar-refractivity contribution >= 4 is 28.5 Å². The van der Waals surface area contributed by atoms with Crippen LogP contribution in [0.2, 0.25) is 0 Å². The third kappa shape index (κ3) is 4.05. The van der Waals surface area contributed by atoms with E-state index in [2.05, 4.69) is 47.0 Å². The summed E-state index contributed by atoms with van der Waals surface area (Å²) in [6, 6.07) is 9.94. The van der Waals surface area contributed by atoms with E-state index in [1.807, 2.05) is 29.2 Å². The topological polar surface area (TPSA) is 94.7 Å². The van der Waals surface area contributed by atoms with Gasteiger partial charge >= 0.3 is 0 Å². The molecule has 37 heavy (non-hydrogen) atoms. The monoisotopic (exact) mass is 502 g/mol. The molecule has 1 aromatic carbocycles. The van der Waals surface area contributed by atoms with Gasteiger partial charge in [-0.15, -0.1) is 0 Å². The number of fused-ring (bicyclic) bond motifs is 3. The summed E-state index contributed by atoms with van der Waals surface area (Å²) in [5.74, 6) is 0.784. The molecule has 2 aliphatic heterocycles. The molecule has 4 heterocycles. The fraction of sp³-hybridized carbons (Fsp3) is 0.500. The van der Waals surface area contributed by atoms with Gasteiger partial charge < -0.3 is 14.5 Å². The van der Waals surface area contributed by atoms with E-state index in [1.165, 1.54) is 0 Å². The number of rotatable bonds is 4. The second-order valence-electron chi connectivity index (χ2n) is 11.3. The van der Waals surface area contributed by atoms with Gasteiger partial charge in [-0.05, 0) is 64.3 Å². The number of carbonyl (C=O) groups is 2. The van der Waals surface area contributed by atoms with Crippen LogP contribution in [0.5, 0.6) is 5.75 Å². The maximum atomic E-state index is 14.0. The van der Waals surface area contributed by atoms with E-state index in [0.29, 0.717) is 25.9 Å². The first-order chi connectivity index (χ1) is 17.8. The molecule has 6 rings (SSSR count). The van der Waals surface area contributed by atoms with Crippen LogP contribution in [0.25, 0.3) is 11.0 Å². The molecule has 2 aromatic heterocycles. The number of H-pyrrole nitrogens is 1. The molecular weight excluding hydrogens is 468 g/mol. The van der Waals surface area contributed by atoms with Crippen molar-refractivity contribution in [1.82, 2.24) is 25.0 Å². The Morgan fingerprint density at radius 3 is 2.73 bits per heavy atom. The Labute approximate surface area is 216 Å². The average molecular weight is 503 g/mol. The molecule has 3 aromatic rings. The van der Waals surface area contributed by atoms with Gasteiger partial charge in [-0.25, -0.2) is 4.98 Å². The van der Waals surface area contributed by atoms with Crippen LogP contribution >= 0.6 is 0 Å². The lowest BCUT2D eigenvalue weighted by atomic mass is 9.69. The highest BCUT2D eigenvalue weighted by molar-refractivity contribution is 6.10. The number of benzene rings is 1. The second-order valence-corrected chi connectivity index (χ2v) is 11.3. The summed E-state index contributed by atoms with van der Waals surface area (Å²) in [5.41, 5.74) is 1.98. The zero-order valence-corrected chi connectivity index (χ0v) is 21.7. The van der Waals surface area contributed by atoms with Gasteiger partial charge in [0.05, 0.1) is 23.9 Å². The van der Waals surface area contributed by atoms with Gasteiger partial charge in [-0.2, -0.15) is 5.10 Å². The highest BCUT2D eigenvalue weighted by Gasteiger charge is 2.53. The molecule has 1 aliphatic carbocycles. The number of piperazine rings is 1. The predicted octanol–water partition coefficient (Wildman–Crippen LogP) is 3.12. The van der Waals surface area contributed by atoms with Gasteiger partial charge in [-0.1, -0.05) is 18.2 Å². The van der Waals surface area contributed by atoms with Crippen LogP contribution in [-0.4, -0.2) is 81.7 Å². The highest BCUT2D eigenvalue weighted by atomic mass is 16.5. The number of pyridine rings is 1. The summed E-state index contributed by atoms with van der Waals surface area (Å²) in [5, 5.41) is 7.79. The molecule has 1 N–H and O–H groups in total. The second kappa shape index (κ2) is 8.83. The summed E-state index contributed by atoms with van der Waals surface area (Å²) in [6.07, 6.45) is 6.38. The smallest absolute Gasteiger partial charge is 0.242 e.